The van der Waals surface area contributed by atoms with Crippen LogP contribution in [0.25, 0.3) is 0 Å². The highest BCUT2D eigenvalue weighted by atomic mass is 16.2. The molecule has 2 rings (SSSR count). The Morgan fingerprint density at radius 1 is 1.38 bits per heavy atom. The summed E-state index contributed by atoms with van der Waals surface area (Å²) in [5, 5.41) is 0. The maximum atomic E-state index is 12.1. The Hall–Kier alpha value is -0.610. The molecule has 0 bridgehead atoms. The average Bonchev–Trinajstić information content (AvgIpc) is 3.02. The molecule has 1 heterocycles. The Morgan fingerprint density at radius 2 is 2.06 bits per heavy atom. The van der Waals surface area contributed by atoms with E-state index in [-0.39, 0.29) is 11.9 Å². The summed E-state index contributed by atoms with van der Waals surface area (Å²) in [4.78, 5) is 16.5. The van der Waals surface area contributed by atoms with E-state index < -0.39 is 0 Å². The summed E-state index contributed by atoms with van der Waals surface area (Å²) in [5.41, 5.74) is 5.74. The molecule has 4 heteroatoms. The lowest BCUT2D eigenvalue weighted by Crippen LogP contribution is -2.54. The van der Waals surface area contributed by atoms with Crippen LogP contribution < -0.4 is 5.73 Å². The summed E-state index contributed by atoms with van der Waals surface area (Å²) in [6.07, 6.45) is 4.66. The van der Waals surface area contributed by atoms with E-state index in [1.54, 1.807) is 6.92 Å². The van der Waals surface area contributed by atoms with Crippen molar-refractivity contribution in [1.82, 2.24) is 9.80 Å². The molecule has 0 aromatic heterocycles. The normalized spacial score (nSPS) is 28.8. The molecular weight excluding hydrogens is 202 g/mol. The van der Waals surface area contributed by atoms with Crippen molar-refractivity contribution in [3.8, 4) is 0 Å². The number of piperidine rings is 1. The second kappa shape index (κ2) is 4.72. The molecule has 1 amide bonds. The Labute approximate surface area is 97.8 Å². The Kier molecular flexibility index (Phi) is 3.50. The van der Waals surface area contributed by atoms with E-state index in [1.807, 2.05) is 0 Å². The number of carbonyl (C=O) groups excluding carboxylic acids is 1. The van der Waals surface area contributed by atoms with Gasteiger partial charge in [-0.3, -0.25) is 4.79 Å². The first-order valence-corrected chi connectivity index (χ1v) is 6.36. The first-order chi connectivity index (χ1) is 7.59. The number of nitrogens with zero attached hydrogens (tertiary/aromatic N) is 2. The fourth-order valence-corrected chi connectivity index (χ4v) is 2.61. The minimum atomic E-state index is -0.354. The molecular formula is C12H23N3O. The van der Waals surface area contributed by atoms with E-state index in [0.717, 1.165) is 19.5 Å². The van der Waals surface area contributed by atoms with Gasteiger partial charge < -0.3 is 15.5 Å². The number of hydrogen-bond donors (Lipinski definition) is 1. The molecule has 1 aliphatic heterocycles. The zero-order valence-electron chi connectivity index (χ0n) is 10.4. The van der Waals surface area contributed by atoms with Crippen LogP contribution in [0.4, 0.5) is 0 Å². The van der Waals surface area contributed by atoms with Crippen LogP contribution in [0.15, 0.2) is 0 Å². The molecule has 2 aliphatic rings. The molecule has 2 atom stereocenters. The SMILES string of the molecule is CC(N)C(=O)N(C1CC1)C1CCCN(C)C1. The third-order valence-corrected chi connectivity index (χ3v) is 3.58. The maximum absolute atomic E-state index is 12.1. The fourth-order valence-electron chi connectivity index (χ4n) is 2.61. The maximum Gasteiger partial charge on any atom is 0.239 e. The van der Waals surface area contributed by atoms with Gasteiger partial charge >= 0.3 is 0 Å². The largest absolute Gasteiger partial charge is 0.334 e. The fraction of sp³-hybridized carbons (Fsp3) is 0.917. The Balaban J connectivity index is 2.03. The van der Waals surface area contributed by atoms with E-state index in [0.29, 0.717) is 12.1 Å². The van der Waals surface area contributed by atoms with Crippen molar-refractivity contribution in [3.05, 3.63) is 0 Å². The van der Waals surface area contributed by atoms with Crippen molar-refractivity contribution in [2.45, 2.75) is 50.7 Å². The number of likely N-dealkylation sites (N-methyl/N-ethyl adjacent to an activating group) is 1. The zero-order valence-corrected chi connectivity index (χ0v) is 10.4. The second-order valence-corrected chi connectivity index (χ2v) is 5.32. The molecule has 1 saturated heterocycles. The summed E-state index contributed by atoms with van der Waals surface area (Å²) in [6, 6.07) is 0.521. The highest BCUT2D eigenvalue weighted by Gasteiger charge is 2.39. The highest BCUT2D eigenvalue weighted by molar-refractivity contribution is 5.82. The molecule has 2 fully saturated rings. The Bertz CT molecular complexity index is 263. The molecule has 92 valence electrons. The third kappa shape index (κ3) is 2.55. The summed E-state index contributed by atoms with van der Waals surface area (Å²) < 4.78 is 0. The first-order valence-electron chi connectivity index (χ1n) is 6.36. The predicted octanol–water partition coefficient (Wildman–Crippen LogP) is 0.419. The van der Waals surface area contributed by atoms with Gasteiger partial charge in [0.1, 0.15) is 0 Å². The third-order valence-electron chi connectivity index (χ3n) is 3.58. The molecule has 2 N–H and O–H groups in total. The van der Waals surface area contributed by atoms with Crippen LogP contribution >= 0.6 is 0 Å². The number of hydrogen-bond acceptors (Lipinski definition) is 3. The van der Waals surface area contributed by atoms with Gasteiger partial charge in [0, 0.05) is 18.6 Å². The van der Waals surface area contributed by atoms with Crippen LogP contribution in [0, 0.1) is 0 Å². The van der Waals surface area contributed by atoms with Crippen molar-refractivity contribution < 1.29 is 4.79 Å². The van der Waals surface area contributed by atoms with Crippen LogP contribution in [0.1, 0.15) is 32.6 Å². The van der Waals surface area contributed by atoms with Gasteiger partial charge in [0.15, 0.2) is 0 Å². The summed E-state index contributed by atoms with van der Waals surface area (Å²) in [6.45, 7) is 3.96. The summed E-state index contributed by atoms with van der Waals surface area (Å²) in [5.74, 6) is 0.141. The summed E-state index contributed by atoms with van der Waals surface area (Å²) >= 11 is 0. The molecule has 16 heavy (non-hydrogen) atoms. The lowest BCUT2D eigenvalue weighted by Gasteiger charge is -2.39. The van der Waals surface area contributed by atoms with Crippen molar-refractivity contribution in [2.75, 3.05) is 20.1 Å². The van der Waals surface area contributed by atoms with Gasteiger partial charge in [0.05, 0.1) is 6.04 Å². The predicted molar refractivity (Wildman–Crippen MR) is 64.0 cm³/mol. The van der Waals surface area contributed by atoms with E-state index in [1.165, 1.54) is 19.3 Å². The standard InChI is InChI=1S/C12H23N3O/c1-9(13)12(16)15(10-5-6-10)11-4-3-7-14(2)8-11/h9-11H,3-8,13H2,1-2H3. The zero-order chi connectivity index (χ0) is 11.7. The quantitative estimate of drug-likeness (QED) is 0.757. The van der Waals surface area contributed by atoms with Gasteiger partial charge in [-0.15, -0.1) is 0 Å². The second-order valence-electron chi connectivity index (χ2n) is 5.32. The van der Waals surface area contributed by atoms with Crippen LogP contribution in [0.3, 0.4) is 0 Å². The molecule has 1 aliphatic carbocycles. The number of amides is 1. The smallest absolute Gasteiger partial charge is 0.239 e. The van der Waals surface area contributed by atoms with Crippen molar-refractivity contribution in [1.29, 1.82) is 0 Å². The van der Waals surface area contributed by atoms with Gasteiger partial charge in [0.25, 0.3) is 0 Å². The van der Waals surface area contributed by atoms with Crippen LogP contribution in [-0.4, -0.2) is 54.0 Å². The lowest BCUT2D eigenvalue weighted by atomic mass is 10.0. The average molecular weight is 225 g/mol. The number of likely N-dealkylation sites (tertiary alicyclic amines) is 1. The number of nitrogens with two attached hydrogens (primary N) is 1. The Morgan fingerprint density at radius 3 is 2.56 bits per heavy atom. The minimum absolute atomic E-state index is 0.141. The first kappa shape index (κ1) is 11.9. The monoisotopic (exact) mass is 225 g/mol. The molecule has 0 radical (unpaired) electrons. The summed E-state index contributed by atoms with van der Waals surface area (Å²) in [7, 11) is 2.13. The molecule has 0 aromatic rings. The molecule has 1 saturated carbocycles. The van der Waals surface area contributed by atoms with Gasteiger partial charge in [-0.2, -0.15) is 0 Å². The van der Waals surface area contributed by atoms with E-state index in [2.05, 4.69) is 16.8 Å². The van der Waals surface area contributed by atoms with Crippen molar-refractivity contribution >= 4 is 5.91 Å². The van der Waals surface area contributed by atoms with Gasteiger partial charge in [-0.05, 0) is 46.2 Å². The van der Waals surface area contributed by atoms with Crippen LogP contribution in [-0.2, 0) is 4.79 Å². The highest BCUT2D eigenvalue weighted by Crippen LogP contribution is 2.31. The number of carbonyl (C=O) groups is 1. The number of rotatable bonds is 3. The van der Waals surface area contributed by atoms with Crippen LogP contribution in [0.5, 0.6) is 0 Å². The lowest BCUT2D eigenvalue weighted by molar-refractivity contribution is -0.136. The van der Waals surface area contributed by atoms with Gasteiger partial charge in [-0.1, -0.05) is 0 Å². The van der Waals surface area contributed by atoms with Crippen LogP contribution in [0.2, 0.25) is 0 Å². The minimum Gasteiger partial charge on any atom is -0.334 e. The van der Waals surface area contributed by atoms with Crippen molar-refractivity contribution in [2.24, 2.45) is 5.73 Å². The van der Waals surface area contributed by atoms with Crippen molar-refractivity contribution in [3.63, 3.8) is 0 Å². The molecule has 2 unspecified atom stereocenters. The van der Waals surface area contributed by atoms with E-state index in [4.69, 9.17) is 5.73 Å². The topological polar surface area (TPSA) is 49.6 Å². The molecule has 0 spiro atoms. The van der Waals surface area contributed by atoms with Gasteiger partial charge in [-0.25, -0.2) is 0 Å². The molecule has 0 aromatic carbocycles. The molecule has 4 nitrogen and oxygen atoms in total. The van der Waals surface area contributed by atoms with E-state index in [9.17, 15) is 4.79 Å². The van der Waals surface area contributed by atoms with Gasteiger partial charge in [0.2, 0.25) is 5.91 Å². The van der Waals surface area contributed by atoms with E-state index >= 15 is 0 Å².